The van der Waals surface area contributed by atoms with Crippen molar-refractivity contribution >= 4 is 5.91 Å². The van der Waals surface area contributed by atoms with E-state index in [9.17, 15) is 4.79 Å². The van der Waals surface area contributed by atoms with Crippen molar-refractivity contribution in [3.63, 3.8) is 0 Å². The summed E-state index contributed by atoms with van der Waals surface area (Å²) in [6.07, 6.45) is 3.19. The minimum atomic E-state index is -0.0201. The van der Waals surface area contributed by atoms with E-state index in [0.29, 0.717) is 26.0 Å². The Balaban J connectivity index is 1.57. The Morgan fingerprint density at radius 2 is 2.25 bits per heavy atom. The number of aryl methyl sites for hydroxylation is 1. The zero-order valence-electron chi connectivity index (χ0n) is 12.0. The molecule has 2 rings (SSSR count). The predicted octanol–water partition coefficient (Wildman–Crippen LogP) is 2.04. The average Bonchev–Trinajstić information content (AvgIpc) is 3.22. The molecular weight excluding hydrogens is 254 g/mol. The quantitative estimate of drug-likeness (QED) is 0.715. The van der Waals surface area contributed by atoms with Crippen molar-refractivity contribution < 1.29 is 14.6 Å². The van der Waals surface area contributed by atoms with E-state index < -0.39 is 0 Å². The van der Waals surface area contributed by atoms with Crippen molar-refractivity contribution in [2.45, 2.75) is 32.6 Å². The number of carbonyl (C=O) groups excluding carboxylic acids is 1. The van der Waals surface area contributed by atoms with Crippen molar-refractivity contribution in [3.05, 3.63) is 29.8 Å². The minimum Gasteiger partial charge on any atom is -0.494 e. The first-order chi connectivity index (χ1) is 9.63. The van der Waals surface area contributed by atoms with Gasteiger partial charge in [-0.15, -0.1) is 0 Å². The lowest BCUT2D eigenvalue weighted by Gasteiger charge is -2.12. The maximum Gasteiger partial charge on any atom is 0.220 e. The van der Waals surface area contributed by atoms with Crippen molar-refractivity contribution in [3.8, 4) is 5.75 Å². The van der Waals surface area contributed by atoms with E-state index in [1.54, 1.807) is 0 Å². The molecule has 110 valence electrons. The molecule has 0 radical (unpaired) electrons. The Morgan fingerprint density at radius 3 is 2.90 bits per heavy atom. The summed E-state index contributed by atoms with van der Waals surface area (Å²) in [6, 6.07) is 7.89. The SMILES string of the molecule is Cc1cccc(OCCCC(=O)NCC2(CO)CC2)c1. The highest BCUT2D eigenvalue weighted by molar-refractivity contribution is 5.75. The fraction of sp³-hybridized carbons (Fsp3) is 0.562. The van der Waals surface area contributed by atoms with Crippen LogP contribution in [0.5, 0.6) is 5.75 Å². The smallest absolute Gasteiger partial charge is 0.220 e. The Morgan fingerprint density at radius 1 is 1.45 bits per heavy atom. The third kappa shape index (κ3) is 4.53. The van der Waals surface area contributed by atoms with Gasteiger partial charge in [-0.2, -0.15) is 0 Å². The topological polar surface area (TPSA) is 58.6 Å². The van der Waals surface area contributed by atoms with E-state index in [4.69, 9.17) is 9.84 Å². The number of hydrogen-bond donors (Lipinski definition) is 2. The molecule has 0 atom stereocenters. The van der Waals surface area contributed by atoms with Crippen molar-refractivity contribution in [2.24, 2.45) is 5.41 Å². The molecule has 0 heterocycles. The average molecular weight is 277 g/mol. The summed E-state index contributed by atoms with van der Waals surface area (Å²) in [4.78, 5) is 11.7. The van der Waals surface area contributed by atoms with E-state index in [1.165, 1.54) is 5.56 Å². The van der Waals surface area contributed by atoms with Crippen molar-refractivity contribution in [2.75, 3.05) is 19.8 Å². The molecule has 4 nitrogen and oxygen atoms in total. The number of carbonyl (C=O) groups is 1. The Labute approximate surface area is 120 Å². The van der Waals surface area contributed by atoms with E-state index in [0.717, 1.165) is 18.6 Å². The van der Waals surface area contributed by atoms with Crippen LogP contribution >= 0.6 is 0 Å². The number of hydrogen-bond acceptors (Lipinski definition) is 3. The zero-order valence-corrected chi connectivity index (χ0v) is 12.0. The lowest BCUT2D eigenvalue weighted by atomic mass is 10.1. The summed E-state index contributed by atoms with van der Waals surface area (Å²) in [5.41, 5.74) is 1.15. The summed E-state index contributed by atoms with van der Waals surface area (Å²) in [6.45, 7) is 3.34. The first kappa shape index (κ1) is 14.9. The molecule has 1 aromatic carbocycles. The molecule has 0 aliphatic heterocycles. The van der Waals surface area contributed by atoms with Gasteiger partial charge in [0.1, 0.15) is 5.75 Å². The molecular formula is C16H23NO3. The second kappa shape index (κ2) is 6.75. The largest absolute Gasteiger partial charge is 0.494 e. The van der Waals surface area contributed by atoms with Crippen LogP contribution in [0.25, 0.3) is 0 Å². The van der Waals surface area contributed by atoms with E-state index in [-0.39, 0.29) is 17.9 Å². The molecule has 0 bridgehead atoms. The molecule has 1 aliphatic carbocycles. The molecule has 20 heavy (non-hydrogen) atoms. The normalized spacial score (nSPS) is 15.7. The second-order valence-corrected chi connectivity index (χ2v) is 5.70. The first-order valence-corrected chi connectivity index (χ1v) is 7.21. The molecule has 0 spiro atoms. The Kier molecular flexibility index (Phi) is 5.01. The van der Waals surface area contributed by atoms with Gasteiger partial charge in [0.05, 0.1) is 13.2 Å². The Hall–Kier alpha value is -1.55. The summed E-state index contributed by atoms with van der Waals surface area (Å²) in [5, 5.41) is 12.1. The van der Waals surface area contributed by atoms with Crippen molar-refractivity contribution in [1.29, 1.82) is 0 Å². The highest BCUT2D eigenvalue weighted by Gasteiger charge is 2.41. The highest BCUT2D eigenvalue weighted by atomic mass is 16.5. The molecule has 0 saturated heterocycles. The van der Waals surface area contributed by atoms with Crippen LogP contribution < -0.4 is 10.1 Å². The Bertz CT molecular complexity index is 455. The summed E-state index contributed by atoms with van der Waals surface area (Å²) in [7, 11) is 0. The summed E-state index contributed by atoms with van der Waals surface area (Å²) in [5.74, 6) is 0.889. The number of rotatable bonds is 8. The predicted molar refractivity (Wildman–Crippen MR) is 77.7 cm³/mol. The lowest BCUT2D eigenvalue weighted by Crippen LogP contribution is -2.31. The van der Waals surface area contributed by atoms with Crippen LogP contribution in [0.15, 0.2) is 24.3 Å². The standard InChI is InChI=1S/C16H23NO3/c1-13-4-2-5-14(10-13)20-9-3-6-15(19)17-11-16(12-18)7-8-16/h2,4-5,10,18H,3,6-9,11-12H2,1H3,(H,17,19). The number of amides is 1. The van der Waals surface area contributed by atoms with Gasteiger partial charge in [0.25, 0.3) is 0 Å². The van der Waals surface area contributed by atoms with E-state index in [1.807, 2.05) is 31.2 Å². The van der Waals surface area contributed by atoms with Crippen molar-refractivity contribution in [1.82, 2.24) is 5.32 Å². The molecule has 1 amide bonds. The van der Waals surface area contributed by atoms with Gasteiger partial charge in [-0.1, -0.05) is 12.1 Å². The highest BCUT2D eigenvalue weighted by Crippen LogP contribution is 2.44. The number of aliphatic hydroxyl groups excluding tert-OH is 1. The first-order valence-electron chi connectivity index (χ1n) is 7.21. The van der Waals surface area contributed by atoms with E-state index >= 15 is 0 Å². The molecule has 1 saturated carbocycles. The summed E-state index contributed by atoms with van der Waals surface area (Å²) < 4.78 is 5.60. The number of nitrogens with one attached hydrogen (secondary N) is 1. The van der Waals surface area contributed by atoms with Crippen LogP contribution in [0.2, 0.25) is 0 Å². The van der Waals surface area contributed by atoms with Gasteiger partial charge in [0.2, 0.25) is 5.91 Å². The summed E-state index contributed by atoms with van der Waals surface area (Å²) >= 11 is 0. The van der Waals surface area contributed by atoms with Crippen LogP contribution in [0.4, 0.5) is 0 Å². The van der Waals surface area contributed by atoms with Crippen LogP contribution in [0.3, 0.4) is 0 Å². The van der Waals surface area contributed by atoms with Gasteiger partial charge >= 0.3 is 0 Å². The molecule has 0 unspecified atom stereocenters. The van der Waals surface area contributed by atoms with Crippen LogP contribution in [0.1, 0.15) is 31.2 Å². The van der Waals surface area contributed by atoms with Gasteiger partial charge in [-0.3, -0.25) is 4.79 Å². The third-order valence-corrected chi connectivity index (χ3v) is 3.76. The molecule has 2 N–H and O–H groups in total. The van der Waals surface area contributed by atoms with E-state index in [2.05, 4.69) is 5.32 Å². The minimum absolute atomic E-state index is 0.0201. The maximum absolute atomic E-state index is 11.7. The number of ether oxygens (including phenoxy) is 1. The molecule has 0 aromatic heterocycles. The second-order valence-electron chi connectivity index (χ2n) is 5.70. The zero-order chi connectivity index (χ0) is 14.4. The van der Waals surface area contributed by atoms with Gasteiger partial charge in [-0.25, -0.2) is 0 Å². The van der Waals surface area contributed by atoms with Gasteiger partial charge in [-0.05, 0) is 43.9 Å². The van der Waals surface area contributed by atoms with Crippen LogP contribution in [-0.2, 0) is 4.79 Å². The van der Waals surface area contributed by atoms with Crippen LogP contribution in [0, 0.1) is 12.3 Å². The van der Waals surface area contributed by atoms with Gasteiger partial charge in [0.15, 0.2) is 0 Å². The lowest BCUT2D eigenvalue weighted by molar-refractivity contribution is -0.121. The van der Waals surface area contributed by atoms with Crippen LogP contribution in [-0.4, -0.2) is 30.8 Å². The fourth-order valence-corrected chi connectivity index (χ4v) is 2.07. The number of benzene rings is 1. The molecule has 1 aromatic rings. The van der Waals surface area contributed by atoms with Gasteiger partial charge in [0, 0.05) is 18.4 Å². The molecule has 4 heteroatoms. The maximum atomic E-state index is 11.7. The van der Waals surface area contributed by atoms with Gasteiger partial charge < -0.3 is 15.2 Å². The number of aliphatic hydroxyl groups is 1. The fourth-order valence-electron chi connectivity index (χ4n) is 2.07. The molecule has 1 fully saturated rings. The third-order valence-electron chi connectivity index (χ3n) is 3.76. The monoisotopic (exact) mass is 277 g/mol. The molecule has 1 aliphatic rings.